The monoisotopic (exact) mass is 347 g/mol. The van der Waals surface area contributed by atoms with Gasteiger partial charge in [0.15, 0.2) is 5.16 Å². The zero-order chi connectivity index (χ0) is 16.9. The van der Waals surface area contributed by atoms with Crippen molar-refractivity contribution in [3.8, 4) is 0 Å². The topological polar surface area (TPSA) is 106 Å². The summed E-state index contributed by atoms with van der Waals surface area (Å²) in [4.78, 5) is 33.6. The van der Waals surface area contributed by atoms with Gasteiger partial charge in [-0.25, -0.2) is 4.98 Å². The zero-order valence-corrected chi connectivity index (χ0v) is 13.9. The number of thioether (sulfide) groups is 1. The highest BCUT2D eigenvalue weighted by Crippen LogP contribution is 2.18. The normalized spacial score (nSPS) is 14.3. The summed E-state index contributed by atoms with van der Waals surface area (Å²) in [6.07, 6.45) is 6.06. The summed E-state index contributed by atoms with van der Waals surface area (Å²) in [6.45, 7) is 1.38. The highest BCUT2D eigenvalue weighted by Gasteiger charge is 2.36. The Morgan fingerprint density at radius 2 is 2.21 bits per heavy atom. The number of nitrogens with zero attached hydrogens (tertiary/aromatic N) is 6. The number of hydrogen-bond acceptors (Lipinski definition) is 7. The van der Waals surface area contributed by atoms with Crippen LogP contribution in [0.5, 0.6) is 0 Å². The molecule has 0 saturated carbocycles. The second-order valence-electron chi connectivity index (χ2n) is 5.36. The smallest absolute Gasteiger partial charge is 0.274 e. The van der Waals surface area contributed by atoms with Crippen molar-refractivity contribution in [2.45, 2.75) is 5.16 Å². The summed E-state index contributed by atoms with van der Waals surface area (Å²) in [5, 5.41) is 11.5. The van der Waals surface area contributed by atoms with E-state index in [1.807, 2.05) is 11.6 Å². The van der Waals surface area contributed by atoms with Crippen molar-refractivity contribution in [2.75, 3.05) is 25.4 Å². The molecule has 10 heteroatoms. The van der Waals surface area contributed by atoms with Gasteiger partial charge in [0.2, 0.25) is 5.91 Å². The third kappa shape index (κ3) is 3.70. The number of carbonyl (C=O) groups is 2. The van der Waals surface area contributed by atoms with Crippen LogP contribution in [0.3, 0.4) is 0 Å². The van der Waals surface area contributed by atoms with Gasteiger partial charge in [-0.3, -0.25) is 14.6 Å². The van der Waals surface area contributed by atoms with Crippen LogP contribution < -0.4 is 5.32 Å². The van der Waals surface area contributed by atoms with Crippen LogP contribution in [0.1, 0.15) is 10.5 Å². The quantitative estimate of drug-likeness (QED) is 0.559. The molecule has 1 aliphatic heterocycles. The third-order valence-electron chi connectivity index (χ3n) is 3.62. The Morgan fingerprint density at radius 1 is 1.38 bits per heavy atom. The van der Waals surface area contributed by atoms with Gasteiger partial charge in [0.05, 0.1) is 12.1 Å². The molecule has 1 saturated heterocycles. The van der Waals surface area contributed by atoms with Gasteiger partial charge >= 0.3 is 0 Å². The summed E-state index contributed by atoms with van der Waals surface area (Å²) < 4.78 is 1.83. The van der Waals surface area contributed by atoms with Crippen molar-refractivity contribution in [3.63, 3.8) is 0 Å². The number of likely N-dealkylation sites (tertiary alicyclic amines) is 1. The number of aromatic nitrogens is 5. The first-order chi connectivity index (χ1) is 11.6. The maximum Gasteiger partial charge on any atom is 0.274 e. The lowest BCUT2D eigenvalue weighted by molar-refractivity contribution is -0.128. The Bertz CT molecular complexity index is 715. The van der Waals surface area contributed by atoms with Crippen LogP contribution in [0.15, 0.2) is 30.1 Å². The van der Waals surface area contributed by atoms with Crippen molar-refractivity contribution in [2.24, 2.45) is 13.0 Å². The minimum absolute atomic E-state index is 0.0308. The van der Waals surface area contributed by atoms with E-state index in [4.69, 9.17) is 0 Å². The average Bonchev–Trinajstić information content (AvgIpc) is 2.96. The summed E-state index contributed by atoms with van der Waals surface area (Å²) in [6, 6.07) is 0. The molecular formula is C14H17N7O2S. The van der Waals surface area contributed by atoms with Gasteiger partial charge < -0.3 is 14.8 Å². The summed E-state index contributed by atoms with van der Waals surface area (Å²) in [5.74, 6) is 0.333. The van der Waals surface area contributed by atoms with Gasteiger partial charge in [-0.2, -0.15) is 0 Å². The van der Waals surface area contributed by atoms with Crippen molar-refractivity contribution < 1.29 is 9.59 Å². The number of carbonyl (C=O) groups excluding carboxylic acids is 2. The van der Waals surface area contributed by atoms with Crippen LogP contribution in [-0.2, 0) is 11.8 Å². The highest BCUT2D eigenvalue weighted by molar-refractivity contribution is 7.99. The largest absolute Gasteiger partial charge is 0.355 e. The van der Waals surface area contributed by atoms with Gasteiger partial charge in [0.1, 0.15) is 12.0 Å². The molecule has 1 N–H and O–H groups in total. The molecule has 0 unspecified atom stereocenters. The van der Waals surface area contributed by atoms with E-state index in [1.165, 1.54) is 30.4 Å². The van der Waals surface area contributed by atoms with E-state index in [2.05, 4.69) is 25.5 Å². The third-order valence-corrected chi connectivity index (χ3v) is 4.66. The Balaban J connectivity index is 1.36. The number of hydrogen-bond donors (Lipinski definition) is 1. The molecule has 9 nitrogen and oxygen atoms in total. The molecule has 1 fully saturated rings. The predicted molar refractivity (Wildman–Crippen MR) is 86.2 cm³/mol. The second-order valence-corrected chi connectivity index (χ2v) is 6.42. The number of amides is 2. The molecule has 0 bridgehead atoms. The molecule has 1 aliphatic rings. The molecule has 0 aliphatic carbocycles. The molecule has 3 rings (SSSR count). The van der Waals surface area contributed by atoms with Crippen LogP contribution in [0.2, 0.25) is 0 Å². The standard InChI is InChI=1S/C14H17N7O2S/c1-20-9-18-19-14(20)24-5-4-17-12(22)10-7-21(8-10)13(23)11-6-15-2-3-16-11/h2-3,6,9-10H,4-5,7-8H2,1H3,(H,17,22). The SMILES string of the molecule is Cn1cnnc1SCCNC(=O)C1CN(C(=O)c2cnccn2)C1. The molecular weight excluding hydrogens is 330 g/mol. The first kappa shape index (κ1) is 16.4. The lowest BCUT2D eigenvalue weighted by atomic mass is 9.99. The number of aryl methyl sites for hydroxylation is 1. The van der Waals surface area contributed by atoms with Crippen molar-refractivity contribution in [3.05, 3.63) is 30.6 Å². The average molecular weight is 347 g/mol. The summed E-state index contributed by atoms with van der Waals surface area (Å²) in [7, 11) is 1.87. The molecule has 3 heterocycles. The van der Waals surface area contributed by atoms with Crippen LogP contribution in [-0.4, -0.2) is 66.8 Å². The molecule has 126 valence electrons. The molecule has 0 spiro atoms. The lowest BCUT2D eigenvalue weighted by Gasteiger charge is -2.37. The Kier molecular flexibility index (Phi) is 5.04. The van der Waals surface area contributed by atoms with Crippen molar-refractivity contribution in [1.29, 1.82) is 0 Å². The summed E-state index contributed by atoms with van der Waals surface area (Å²) in [5.41, 5.74) is 0.302. The van der Waals surface area contributed by atoms with Gasteiger partial charge in [-0.15, -0.1) is 10.2 Å². The molecule has 2 aromatic heterocycles. The molecule has 0 aromatic carbocycles. The molecule has 24 heavy (non-hydrogen) atoms. The van der Waals surface area contributed by atoms with Gasteiger partial charge in [0, 0.05) is 44.8 Å². The van der Waals surface area contributed by atoms with Crippen molar-refractivity contribution >= 4 is 23.6 Å². The van der Waals surface area contributed by atoms with E-state index in [1.54, 1.807) is 11.2 Å². The minimum atomic E-state index is -0.190. The van der Waals surface area contributed by atoms with Crippen LogP contribution in [0, 0.1) is 5.92 Å². The van der Waals surface area contributed by atoms with E-state index < -0.39 is 0 Å². The Labute approximate surface area is 142 Å². The number of rotatable bonds is 6. The minimum Gasteiger partial charge on any atom is -0.355 e. The summed E-state index contributed by atoms with van der Waals surface area (Å²) >= 11 is 1.53. The maximum atomic E-state index is 12.1. The molecule has 2 amide bonds. The van der Waals surface area contributed by atoms with E-state index in [-0.39, 0.29) is 17.7 Å². The fourth-order valence-electron chi connectivity index (χ4n) is 2.25. The Morgan fingerprint density at radius 3 is 2.88 bits per heavy atom. The van der Waals surface area contributed by atoms with E-state index in [9.17, 15) is 9.59 Å². The van der Waals surface area contributed by atoms with Gasteiger partial charge in [-0.05, 0) is 0 Å². The molecule has 2 aromatic rings. The Hall–Kier alpha value is -2.49. The second kappa shape index (κ2) is 7.39. The fourth-order valence-corrected chi connectivity index (χ4v) is 2.99. The molecule has 0 atom stereocenters. The number of nitrogens with one attached hydrogen (secondary N) is 1. The molecule has 0 radical (unpaired) electrons. The van der Waals surface area contributed by atoms with E-state index >= 15 is 0 Å². The fraction of sp³-hybridized carbons (Fsp3) is 0.429. The highest BCUT2D eigenvalue weighted by atomic mass is 32.2. The maximum absolute atomic E-state index is 12.1. The first-order valence-corrected chi connectivity index (χ1v) is 8.43. The van der Waals surface area contributed by atoms with E-state index in [0.29, 0.717) is 31.1 Å². The van der Waals surface area contributed by atoms with E-state index in [0.717, 1.165) is 5.16 Å². The predicted octanol–water partition coefficient (Wildman–Crippen LogP) is -0.414. The van der Waals surface area contributed by atoms with Crippen LogP contribution in [0.25, 0.3) is 0 Å². The zero-order valence-electron chi connectivity index (χ0n) is 13.1. The lowest BCUT2D eigenvalue weighted by Crippen LogP contribution is -2.56. The first-order valence-electron chi connectivity index (χ1n) is 7.45. The van der Waals surface area contributed by atoms with Crippen LogP contribution in [0.4, 0.5) is 0 Å². The van der Waals surface area contributed by atoms with Gasteiger partial charge in [-0.1, -0.05) is 11.8 Å². The van der Waals surface area contributed by atoms with Crippen molar-refractivity contribution in [1.82, 2.24) is 34.9 Å². The van der Waals surface area contributed by atoms with Crippen LogP contribution >= 0.6 is 11.8 Å². The van der Waals surface area contributed by atoms with Gasteiger partial charge in [0.25, 0.3) is 5.91 Å².